The molecule has 2 rings (SSSR count). The van der Waals surface area contributed by atoms with Gasteiger partial charge in [-0.1, -0.05) is 60.7 Å². The minimum atomic E-state index is -0.656. The van der Waals surface area contributed by atoms with Crippen LogP contribution in [0.3, 0.4) is 0 Å². The summed E-state index contributed by atoms with van der Waals surface area (Å²) in [6.45, 7) is 5.69. The molecule has 0 radical (unpaired) electrons. The predicted molar refractivity (Wildman–Crippen MR) is 114 cm³/mol. The maximum absolute atomic E-state index is 12.4. The Morgan fingerprint density at radius 3 is 1.97 bits per heavy atom. The fraction of sp³-hybridized carbons (Fsp3) is 0.391. The molecular formula is C23H31N3O3. The Bertz CT molecular complexity index is 773. The van der Waals surface area contributed by atoms with Crippen LogP contribution in [0.25, 0.3) is 0 Å². The van der Waals surface area contributed by atoms with Crippen molar-refractivity contribution in [3.8, 4) is 0 Å². The lowest BCUT2D eigenvalue weighted by Gasteiger charge is -2.24. The summed E-state index contributed by atoms with van der Waals surface area (Å²) in [5.74, 6) is -0.252. The van der Waals surface area contributed by atoms with Crippen molar-refractivity contribution in [2.45, 2.75) is 51.3 Å². The number of amides is 2. The Hall–Kier alpha value is -2.86. The maximum atomic E-state index is 12.4. The van der Waals surface area contributed by atoms with Crippen molar-refractivity contribution in [3.63, 3.8) is 0 Å². The fourth-order valence-corrected chi connectivity index (χ4v) is 2.86. The van der Waals surface area contributed by atoms with E-state index in [2.05, 4.69) is 10.6 Å². The SMILES string of the molecule is CC(C)(C)OC(=O)N[C@H](CNC(=O)[C@@H](N)Cc1ccccc1)Cc1ccccc1. The van der Waals surface area contributed by atoms with Gasteiger partial charge < -0.3 is 21.1 Å². The van der Waals surface area contributed by atoms with Gasteiger partial charge in [0.15, 0.2) is 0 Å². The minimum absolute atomic E-state index is 0.252. The van der Waals surface area contributed by atoms with Crippen LogP contribution < -0.4 is 16.4 Å². The molecule has 29 heavy (non-hydrogen) atoms. The molecule has 2 amide bonds. The number of carbonyl (C=O) groups is 2. The van der Waals surface area contributed by atoms with E-state index in [0.717, 1.165) is 11.1 Å². The van der Waals surface area contributed by atoms with Gasteiger partial charge in [-0.25, -0.2) is 4.79 Å². The molecule has 0 fully saturated rings. The van der Waals surface area contributed by atoms with Crippen molar-refractivity contribution in [1.82, 2.24) is 10.6 Å². The molecule has 2 aromatic carbocycles. The second-order valence-electron chi connectivity index (χ2n) is 8.07. The lowest BCUT2D eigenvalue weighted by atomic mass is 10.0. The first-order valence-corrected chi connectivity index (χ1v) is 9.83. The Morgan fingerprint density at radius 2 is 1.45 bits per heavy atom. The van der Waals surface area contributed by atoms with Crippen molar-refractivity contribution in [2.24, 2.45) is 5.73 Å². The zero-order chi connectivity index (χ0) is 21.3. The summed E-state index contributed by atoms with van der Waals surface area (Å²) < 4.78 is 5.35. The van der Waals surface area contributed by atoms with Gasteiger partial charge in [0.1, 0.15) is 5.60 Å². The first-order valence-electron chi connectivity index (χ1n) is 9.83. The smallest absolute Gasteiger partial charge is 0.407 e. The molecule has 0 heterocycles. The topological polar surface area (TPSA) is 93.5 Å². The van der Waals surface area contributed by atoms with E-state index < -0.39 is 17.7 Å². The van der Waals surface area contributed by atoms with Crippen LogP contribution in [0.15, 0.2) is 60.7 Å². The van der Waals surface area contributed by atoms with E-state index in [1.807, 2.05) is 81.4 Å². The van der Waals surface area contributed by atoms with E-state index in [-0.39, 0.29) is 18.5 Å². The standard InChI is InChI=1S/C23H31N3O3/c1-23(2,3)29-22(28)26-19(14-17-10-6-4-7-11-17)16-25-21(27)20(24)15-18-12-8-5-9-13-18/h4-13,19-20H,14-16,24H2,1-3H3,(H,25,27)(H,26,28)/t19-,20-/m0/s1. The second kappa shape index (κ2) is 10.6. The Morgan fingerprint density at radius 1 is 0.931 bits per heavy atom. The van der Waals surface area contributed by atoms with Crippen LogP contribution in [0, 0.1) is 0 Å². The Balaban J connectivity index is 1.94. The van der Waals surface area contributed by atoms with Gasteiger partial charge in [-0.15, -0.1) is 0 Å². The highest BCUT2D eigenvalue weighted by molar-refractivity contribution is 5.81. The third kappa shape index (κ3) is 8.79. The van der Waals surface area contributed by atoms with Gasteiger partial charge in [-0.05, 0) is 44.7 Å². The highest BCUT2D eigenvalue weighted by Gasteiger charge is 2.21. The maximum Gasteiger partial charge on any atom is 0.407 e. The molecule has 6 nitrogen and oxygen atoms in total. The number of ether oxygens (including phenoxy) is 1. The summed E-state index contributed by atoms with van der Waals surface area (Å²) in [5, 5.41) is 5.71. The summed E-state index contributed by atoms with van der Waals surface area (Å²) in [5.41, 5.74) is 7.51. The highest BCUT2D eigenvalue weighted by atomic mass is 16.6. The molecule has 0 aliphatic rings. The molecule has 0 bridgehead atoms. The molecule has 0 saturated carbocycles. The highest BCUT2D eigenvalue weighted by Crippen LogP contribution is 2.08. The number of benzene rings is 2. The van der Waals surface area contributed by atoms with Gasteiger partial charge in [0, 0.05) is 6.54 Å². The molecule has 4 N–H and O–H groups in total. The zero-order valence-corrected chi connectivity index (χ0v) is 17.4. The van der Waals surface area contributed by atoms with Gasteiger partial charge in [0.05, 0.1) is 12.1 Å². The summed E-state index contributed by atoms with van der Waals surface area (Å²) in [4.78, 5) is 24.6. The molecule has 2 aromatic rings. The van der Waals surface area contributed by atoms with Crippen LogP contribution in [-0.2, 0) is 22.4 Å². The number of hydrogen-bond acceptors (Lipinski definition) is 4. The third-order valence-electron chi connectivity index (χ3n) is 4.20. The number of nitrogens with two attached hydrogens (primary N) is 1. The van der Waals surface area contributed by atoms with Gasteiger partial charge in [-0.3, -0.25) is 4.79 Å². The van der Waals surface area contributed by atoms with E-state index in [1.54, 1.807) is 0 Å². The summed E-state index contributed by atoms with van der Waals surface area (Å²) >= 11 is 0. The largest absolute Gasteiger partial charge is 0.444 e. The lowest BCUT2D eigenvalue weighted by molar-refractivity contribution is -0.122. The molecular weight excluding hydrogens is 366 g/mol. The molecule has 0 aliphatic heterocycles. The monoisotopic (exact) mass is 397 g/mol. The number of rotatable bonds is 8. The number of hydrogen-bond donors (Lipinski definition) is 3. The van der Waals surface area contributed by atoms with Gasteiger partial charge in [0.25, 0.3) is 0 Å². The van der Waals surface area contributed by atoms with E-state index in [4.69, 9.17) is 10.5 Å². The molecule has 2 atom stereocenters. The van der Waals surface area contributed by atoms with Gasteiger partial charge in [-0.2, -0.15) is 0 Å². The van der Waals surface area contributed by atoms with Crippen LogP contribution >= 0.6 is 0 Å². The Kier molecular flexibility index (Phi) is 8.21. The van der Waals surface area contributed by atoms with E-state index in [0.29, 0.717) is 12.8 Å². The third-order valence-corrected chi connectivity index (χ3v) is 4.20. The molecule has 0 spiro atoms. The average molecular weight is 398 g/mol. The molecule has 0 unspecified atom stereocenters. The van der Waals surface area contributed by atoms with Crippen LogP contribution in [0.2, 0.25) is 0 Å². The van der Waals surface area contributed by atoms with Crippen molar-refractivity contribution in [2.75, 3.05) is 6.54 Å². The van der Waals surface area contributed by atoms with Crippen LogP contribution in [0.4, 0.5) is 4.79 Å². The summed E-state index contributed by atoms with van der Waals surface area (Å²) in [6, 6.07) is 18.4. The van der Waals surface area contributed by atoms with Gasteiger partial charge in [0.2, 0.25) is 5.91 Å². The predicted octanol–water partition coefficient (Wildman–Crippen LogP) is 2.81. The fourth-order valence-electron chi connectivity index (χ4n) is 2.86. The zero-order valence-electron chi connectivity index (χ0n) is 17.4. The first kappa shape index (κ1) is 22.4. The Labute approximate surface area is 172 Å². The van der Waals surface area contributed by atoms with Crippen molar-refractivity contribution >= 4 is 12.0 Å². The van der Waals surface area contributed by atoms with Crippen LogP contribution in [-0.4, -0.2) is 36.2 Å². The number of alkyl carbamates (subject to hydrolysis) is 1. The lowest BCUT2D eigenvalue weighted by Crippen LogP contribution is -2.50. The molecule has 0 saturated heterocycles. The molecule has 6 heteroatoms. The quantitative estimate of drug-likeness (QED) is 0.638. The molecule has 0 aromatic heterocycles. The molecule has 156 valence electrons. The number of carbonyl (C=O) groups excluding carboxylic acids is 2. The normalized spacial score (nSPS) is 13.2. The van der Waals surface area contributed by atoms with Gasteiger partial charge >= 0.3 is 6.09 Å². The minimum Gasteiger partial charge on any atom is -0.444 e. The second-order valence-corrected chi connectivity index (χ2v) is 8.07. The van der Waals surface area contributed by atoms with E-state index in [1.165, 1.54) is 0 Å². The van der Waals surface area contributed by atoms with Crippen LogP contribution in [0.5, 0.6) is 0 Å². The summed E-state index contributed by atoms with van der Waals surface area (Å²) in [7, 11) is 0. The number of nitrogens with one attached hydrogen (secondary N) is 2. The average Bonchev–Trinajstić information content (AvgIpc) is 2.66. The van der Waals surface area contributed by atoms with E-state index in [9.17, 15) is 9.59 Å². The van der Waals surface area contributed by atoms with Crippen molar-refractivity contribution in [1.29, 1.82) is 0 Å². The van der Waals surface area contributed by atoms with Crippen molar-refractivity contribution < 1.29 is 14.3 Å². The summed E-state index contributed by atoms with van der Waals surface area (Å²) in [6.07, 6.45) is 0.505. The first-order chi connectivity index (χ1) is 13.7. The van der Waals surface area contributed by atoms with Crippen LogP contribution in [0.1, 0.15) is 31.9 Å². The molecule has 0 aliphatic carbocycles. The van der Waals surface area contributed by atoms with Crippen molar-refractivity contribution in [3.05, 3.63) is 71.8 Å². The van der Waals surface area contributed by atoms with E-state index >= 15 is 0 Å².